The second-order valence-electron chi connectivity index (χ2n) is 11.0. The maximum absolute atomic E-state index is 13.1. The van der Waals surface area contributed by atoms with Gasteiger partial charge in [-0.25, -0.2) is 0 Å². The van der Waals surface area contributed by atoms with Crippen LogP contribution >= 0.6 is 0 Å². The van der Waals surface area contributed by atoms with E-state index in [4.69, 9.17) is 15.2 Å². The average molecular weight is 561 g/mol. The first-order valence-electron chi connectivity index (χ1n) is 14.5. The van der Waals surface area contributed by atoms with Gasteiger partial charge in [-0.1, -0.05) is 11.6 Å². The molecule has 42 heavy (non-hydrogen) atoms. The van der Waals surface area contributed by atoms with E-state index < -0.39 is 5.91 Å². The van der Waals surface area contributed by atoms with Crippen LogP contribution in [0.1, 0.15) is 36.0 Å². The first kappa shape index (κ1) is 26.3. The fraction of sp³-hybridized carbons (Fsp3) is 0.303. The van der Waals surface area contributed by atoms with E-state index in [9.17, 15) is 10.1 Å². The normalized spacial score (nSPS) is 18.2. The number of nitriles is 1. The van der Waals surface area contributed by atoms with Crippen molar-refractivity contribution in [2.24, 2.45) is 5.73 Å². The molecule has 3 N–H and O–H groups in total. The van der Waals surface area contributed by atoms with Crippen molar-refractivity contribution in [3.05, 3.63) is 83.3 Å². The molecule has 2 saturated heterocycles. The number of anilines is 2. The third-order valence-corrected chi connectivity index (χ3v) is 8.46. The fourth-order valence-electron chi connectivity index (χ4n) is 6.40. The minimum Gasteiger partial charge on any atom is -0.487 e. The SMILES string of the molecule is N#Cc1cnc2cc(OC3CCOC3)c(C(C(N)=O)=C3CCNCC3)cc2c1N1CCc2ccc(-n3cccc3)cc21. The molecule has 0 radical (unpaired) electrons. The highest BCUT2D eigenvalue weighted by molar-refractivity contribution is 6.21. The molecule has 2 aromatic carbocycles. The van der Waals surface area contributed by atoms with Gasteiger partial charge in [-0.2, -0.15) is 5.26 Å². The molecule has 3 aliphatic heterocycles. The van der Waals surface area contributed by atoms with Crippen LogP contribution in [-0.2, 0) is 16.0 Å². The summed E-state index contributed by atoms with van der Waals surface area (Å²) in [7, 11) is 0. The second-order valence-corrected chi connectivity index (χ2v) is 11.0. The monoisotopic (exact) mass is 560 g/mol. The molecule has 5 heterocycles. The van der Waals surface area contributed by atoms with E-state index in [1.165, 1.54) is 5.56 Å². The summed E-state index contributed by atoms with van der Waals surface area (Å²) >= 11 is 0. The van der Waals surface area contributed by atoms with Gasteiger partial charge in [0, 0.05) is 65.5 Å². The summed E-state index contributed by atoms with van der Waals surface area (Å²) in [5, 5.41) is 14.4. The largest absolute Gasteiger partial charge is 0.487 e. The summed E-state index contributed by atoms with van der Waals surface area (Å²) < 4.78 is 14.1. The smallest absolute Gasteiger partial charge is 0.249 e. The van der Waals surface area contributed by atoms with Crippen LogP contribution in [0, 0.1) is 11.3 Å². The van der Waals surface area contributed by atoms with Crippen LogP contribution in [0.3, 0.4) is 0 Å². The quantitative estimate of drug-likeness (QED) is 0.336. The second kappa shape index (κ2) is 11.0. The van der Waals surface area contributed by atoms with Crippen LogP contribution in [0.15, 0.2) is 66.6 Å². The standard InChI is InChI=1S/C33H32N6O3/c34-18-23-19-37-28-17-30(42-25-8-14-41-20-25)27(31(33(35)40)22-5-9-36-10-6-22)16-26(28)32(23)39-13-7-21-3-4-24(15-29(21)39)38-11-1-2-12-38/h1-4,11-12,15-17,19,25,36H,5-10,13-14,20H2,(H2,35,40). The van der Waals surface area contributed by atoms with Gasteiger partial charge in [0.1, 0.15) is 17.9 Å². The number of aromatic nitrogens is 2. The van der Waals surface area contributed by atoms with Gasteiger partial charge in [-0.15, -0.1) is 0 Å². The number of rotatable bonds is 6. The molecule has 1 unspecified atom stereocenters. The van der Waals surface area contributed by atoms with Gasteiger partial charge in [-0.3, -0.25) is 9.78 Å². The predicted molar refractivity (Wildman–Crippen MR) is 161 cm³/mol. The highest BCUT2D eigenvalue weighted by Crippen LogP contribution is 2.44. The number of nitrogens with two attached hydrogens (primary N) is 1. The topological polar surface area (TPSA) is 118 Å². The third kappa shape index (κ3) is 4.69. The Hall–Kier alpha value is -4.65. The van der Waals surface area contributed by atoms with Crippen LogP contribution < -0.4 is 20.7 Å². The van der Waals surface area contributed by atoms with E-state index in [1.807, 2.05) is 36.7 Å². The van der Waals surface area contributed by atoms with Crippen molar-refractivity contribution in [3.8, 4) is 17.5 Å². The van der Waals surface area contributed by atoms with Gasteiger partial charge in [-0.05, 0) is 68.2 Å². The van der Waals surface area contributed by atoms with Crippen molar-refractivity contribution in [2.45, 2.75) is 31.8 Å². The summed E-state index contributed by atoms with van der Waals surface area (Å²) in [6.45, 7) is 3.42. The van der Waals surface area contributed by atoms with Crippen molar-refractivity contribution < 1.29 is 14.3 Å². The lowest BCUT2D eigenvalue weighted by molar-refractivity contribution is -0.112. The van der Waals surface area contributed by atoms with Crippen LogP contribution in [0.5, 0.6) is 5.75 Å². The molecule has 9 nitrogen and oxygen atoms in total. The number of benzene rings is 2. The molecule has 0 bridgehead atoms. The van der Waals surface area contributed by atoms with Crippen molar-refractivity contribution in [3.63, 3.8) is 0 Å². The van der Waals surface area contributed by atoms with E-state index in [2.05, 4.69) is 44.0 Å². The zero-order chi connectivity index (χ0) is 28.6. The number of ether oxygens (including phenoxy) is 2. The molecule has 0 spiro atoms. The molecule has 4 aromatic rings. The molecule has 2 aromatic heterocycles. The number of fused-ring (bicyclic) bond motifs is 2. The summed E-state index contributed by atoms with van der Waals surface area (Å²) in [4.78, 5) is 20.0. The maximum atomic E-state index is 13.1. The van der Waals surface area contributed by atoms with Crippen LogP contribution in [0.4, 0.5) is 11.4 Å². The van der Waals surface area contributed by atoms with Gasteiger partial charge in [0.05, 0.1) is 30.0 Å². The molecular weight excluding hydrogens is 528 g/mol. The summed E-state index contributed by atoms with van der Waals surface area (Å²) in [6, 6.07) is 16.7. The number of primary amides is 1. The molecule has 7 rings (SSSR count). The van der Waals surface area contributed by atoms with E-state index >= 15 is 0 Å². The number of nitrogens with zero attached hydrogens (tertiary/aromatic N) is 4. The lowest BCUT2D eigenvalue weighted by Gasteiger charge is -2.25. The Morgan fingerprint density at radius 3 is 2.71 bits per heavy atom. The molecular formula is C33H32N6O3. The molecule has 1 atom stereocenters. The maximum Gasteiger partial charge on any atom is 0.249 e. The lowest BCUT2D eigenvalue weighted by atomic mass is 9.91. The van der Waals surface area contributed by atoms with Crippen molar-refractivity contribution in [1.82, 2.24) is 14.9 Å². The van der Waals surface area contributed by atoms with E-state index in [0.717, 1.165) is 73.3 Å². The Balaban J connectivity index is 1.44. The number of amides is 1. The highest BCUT2D eigenvalue weighted by Gasteiger charge is 2.29. The molecule has 0 aliphatic carbocycles. The van der Waals surface area contributed by atoms with Crippen LogP contribution in [0.2, 0.25) is 0 Å². The fourth-order valence-corrected chi connectivity index (χ4v) is 6.40. The first-order chi connectivity index (χ1) is 20.6. The van der Waals surface area contributed by atoms with Crippen molar-refractivity contribution in [2.75, 3.05) is 37.7 Å². The minimum atomic E-state index is -0.479. The Morgan fingerprint density at radius 2 is 1.98 bits per heavy atom. The third-order valence-electron chi connectivity index (χ3n) is 8.46. The Morgan fingerprint density at radius 1 is 1.14 bits per heavy atom. The number of carbonyl (C=O) groups is 1. The van der Waals surface area contributed by atoms with Gasteiger partial charge < -0.3 is 30.0 Å². The number of hydrogen-bond acceptors (Lipinski definition) is 7. The Bertz CT molecular complexity index is 1740. The molecule has 2 fully saturated rings. The Labute approximate surface area is 244 Å². The van der Waals surface area contributed by atoms with E-state index in [0.29, 0.717) is 41.2 Å². The lowest BCUT2D eigenvalue weighted by Crippen LogP contribution is -2.26. The molecule has 0 saturated carbocycles. The zero-order valence-electron chi connectivity index (χ0n) is 23.3. The van der Waals surface area contributed by atoms with E-state index in [-0.39, 0.29) is 6.10 Å². The van der Waals surface area contributed by atoms with Crippen LogP contribution in [-0.4, -0.2) is 54.4 Å². The van der Waals surface area contributed by atoms with Gasteiger partial charge >= 0.3 is 0 Å². The summed E-state index contributed by atoms with van der Waals surface area (Å²) in [5.41, 5.74) is 13.5. The molecule has 212 valence electrons. The first-order valence-corrected chi connectivity index (χ1v) is 14.5. The minimum absolute atomic E-state index is 0.122. The zero-order valence-corrected chi connectivity index (χ0v) is 23.3. The predicted octanol–water partition coefficient (Wildman–Crippen LogP) is 4.38. The molecule has 3 aliphatic rings. The number of pyridine rings is 1. The summed E-state index contributed by atoms with van der Waals surface area (Å²) in [5.74, 6) is 0.0882. The van der Waals surface area contributed by atoms with Gasteiger partial charge in [0.15, 0.2) is 0 Å². The Kier molecular flexibility index (Phi) is 6.86. The molecule has 9 heteroatoms. The van der Waals surface area contributed by atoms with Gasteiger partial charge in [0.2, 0.25) is 5.91 Å². The van der Waals surface area contributed by atoms with Crippen molar-refractivity contribution in [1.29, 1.82) is 5.26 Å². The number of piperidine rings is 1. The number of carbonyl (C=O) groups excluding carboxylic acids is 1. The number of hydrogen-bond donors (Lipinski definition) is 2. The van der Waals surface area contributed by atoms with Crippen LogP contribution in [0.25, 0.3) is 22.2 Å². The highest BCUT2D eigenvalue weighted by atomic mass is 16.5. The average Bonchev–Trinajstić information content (AvgIpc) is 3.80. The summed E-state index contributed by atoms with van der Waals surface area (Å²) in [6.07, 6.45) is 8.64. The van der Waals surface area contributed by atoms with E-state index in [1.54, 1.807) is 6.20 Å². The molecule has 1 amide bonds. The number of nitrogens with one attached hydrogen (secondary N) is 1. The van der Waals surface area contributed by atoms with Crippen molar-refractivity contribution >= 4 is 33.8 Å². The van der Waals surface area contributed by atoms with Gasteiger partial charge in [0.25, 0.3) is 0 Å².